The van der Waals surface area contributed by atoms with Crippen molar-refractivity contribution < 1.29 is 4.79 Å². The Kier molecular flexibility index (Phi) is 6.06. The van der Waals surface area contributed by atoms with Crippen LogP contribution in [0, 0.1) is 0 Å². The molecule has 3 aromatic rings. The van der Waals surface area contributed by atoms with E-state index in [0.717, 1.165) is 43.6 Å². The summed E-state index contributed by atoms with van der Waals surface area (Å²) in [6, 6.07) is 20.2. The molecular weight excluding hydrogens is 360 g/mol. The van der Waals surface area contributed by atoms with Gasteiger partial charge in [0.25, 0.3) is 0 Å². The third-order valence-corrected chi connectivity index (χ3v) is 5.51. The van der Waals surface area contributed by atoms with Crippen LogP contribution in [-0.4, -0.2) is 45.6 Å². The van der Waals surface area contributed by atoms with Crippen molar-refractivity contribution in [2.45, 2.75) is 32.0 Å². The first-order valence-electron chi connectivity index (χ1n) is 10.3. The lowest BCUT2D eigenvalue weighted by Crippen LogP contribution is -2.40. The predicted molar refractivity (Wildman–Crippen MR) is 114 cm³/mol. The van der Waals surface area contributed by atoms with E-state index >= 15 is 0 Å². The van der Waals surface area contributed by atoms with Crippen molar-refractivity contribution in [3.05, 3.63) is 89.7 Å². The number of nitrogens with zero attached hydrogens (tertiary/aromatic N) is 4. The molecule has 1 aliphatic rings. The van der Waals surface area contributed by atoms with Gasteiger partial charge in [-0.15, -0.1) is 0 Å². The molecule has 1 saturated heterocycles. The number of hydrogen-bond acceptors (Lipinski definition) is 3. The van der Waals surface area contributed by atoms with E-state index in [-0.39, 0.29) is 11.9 Å². The van der Waals surface area contributed by atoms with Crippen LogP contribution in [0.1, 0.15) is 35.6 Å². The second kappa shape index (κ2) is 9.05. The average Bonchev–Trinajstić information content (AvgIpc) is 3.42. The first kappa shape index (κ1) is 19.4. The molecule has 0 saturated carbocycles. The second-order valence-electron chi connectivity index (χ2n) is 7.79. The highest BCUT2D eigenvalue weighted by Gasteiger charge is 2.30. The Morgan fingerprint density at radius 1 is 1.00 bits per heavy atom. The molecule has 5 nitrogen and oxygen atoms in total. The van der Waals surface area contributed by atoms with Gasteiger partial charge in [-0.2, -0.15) is 5.10 Å². The Morgan fingerprint density at radius 3 is 2.34 bits per heavy atom. The highest BCUT2D eigenvalue weighted by Crippen LogP contribution is 2.25. The molecule has 1 fully saturated rings. The molecule has 0 N–H and O–H groups in total. The van der Waals surface area contributed by atoms with Gasteiger partial charge in [0.05, 0.1) is 12.7 Å². The van der Waals surface area contributed by atoms with Crippen molar-refractivity contribution in [2.75, 3.05) is 20.1 Å². The van der Waals surface area contributed by atoms with E-state index in [2.05, 4.69) is 28.3 Å². The maximum Gasteiger partial charge on any atom is 0.244 e. The van der Waals surface area contributed by atoms with Gasteiger partial charge < -0.3 is 4.90 Å². The van der Waals surface area contributed by atoms with Gasteiger partial charge in [0.1, 0.15) is 6.04 Å². The van der Waals surface area contributed by atoms with Crippen LogP contribution in [-0.2, 0) is 17.9 Å². The Hall–Kier alpha value is -2.92. The molecule has 4 rings (SSSR count). The minimum Gasteiger partial charge on any atom is -0.341 e. The number of benzene rings is 2. The van der Waals surface area contributed by atoms with E-state index in [1.165, 1.54) is 5.56 Å². The largest absolute Gasteiger partial charge is 0.341 e. The summed E-state index contributed by atoms with van der Waals surface area (Å²) < 4.78 is 1.96. The van der Waals surface area contributed by atoms with Gasteiger partial charge >= 0.3 is 0 Å². The van der Waals surface area contributed by atoms with Crippen LogP contribution in [0.4, 0.5) is 0 Å². The summed E-state index contributed by atoms with van der Waals surface area (Å²) in [6.07, 6.45) is 6.18. The highest BCUT2D eigenvalue weighted by atomic mass is 16.2. The first-order valence-corrected chi connectivity index (χ1v) is 10.3. The molecule has 1 amide bonds. The van der Waals surface area contributed by atoms with Crippen molar-refractivity contribution in [3.63, 3.8) is 0 Å². The van der Waals surface area contributed by atoms with E-state index in [1.54, 1.807) is 0 Å². The number of likely N-dealkylation sites (N-methyl/N-ethyl adjacent to an activating group) is 1. The third kappa shape index (κ3) is 4.74. The summed E-state index contributed by atoms with van der Waals surface area (Å²) in [4.78, 5) is 17.4. The van der Waals surface area contributed by atoms with Crippen molar-refractivity contribution >= 4 is 5.91 Å². The lowest BCUT2D eigenvalue weighted by Gasteiger charge is -2.30. The highest BCUT2D eigenvalue weighted by molar-refractivity contribution is 5.83. The van der Waals surface area contributed by atoms with E-state index in [9.17, 15) is 4.79 Å². The molecule has 29 heavy (non-hydrogen) atoms. The number of rotatable bonds is 7. The van der Waals surface area contributed by atoms with Crippen molar-refractivity contribution in [2.24, 2.45) is 0 Å². The number of aromatic nitrogens is 2. The zero-order valence-electron chi connectivity index (χ0n) is 16.9. The zero-order valence-corrected chi connectivity index (χ0v) is 16.9. The Morgan fingerprint density at radius 2 is 1.66 bits per heavy atom. The van der Waals surface area contributed by atoms with E-state index in [4.69, 9.17) is 0 Å². The number of amides is 1. The van der Waals surface area contributed by atoms with E-state index < -0.39 is 0 Å². The van der Waals surface area contributed by atoms with E-state index in [0.29, 0.717) is 6.54 Å². The standard InChI is InChI=1S/C24H28N4O/c1-26(17-21-16-25-28(19-21)18-20-10-4-2-5-11-20)23(22-12-6-3-7-13-22)24(29)27-14-8-9-15-27/h2-7,10-13,16,19,23H,8-9,14-15,17-18H2,1H3/t23-/m1/s1. The number of likely N-dealkylation sites (tertiary alicyclic amines) is 1. The minimum atomic E-state index is -0.272. The topological polar surface area (TPSA) is 41.4 Å². The lowest BCUT2D eigenvalue weighted by atomic mass is 10.0. The molecular formula is C24H28N4O. The van der Waals surface area contributed by atoms with Gasteiger partial charge in [-0.25, -0.2) is 0 Å². The summed E-state index contributed by atoms with van der Waals surface area (Å²) in [5.74, 6) is 0.202. The summed E-state index contributed by atoms with van der Waals surface area (Å²) in [7, 11) is 2.03. The predicted octanol–water partition coefficient (Wildman–Crippen LogP) is 3.73. The molecule has 1 aliphatic heterocycles. The van der Waals surface area contributed by atoms with Gasteiger partial charge in [0, 0.05) is 31.4 Å². The molecule has 0 spiro atoms. The molecule has 2 heterocycles. The summed E-state index contributed by atoms with van der Waals surface area (Å²) in [6.45, 7) is 3.16. The van der Waals surface area contributed by atoms with Crippen LogP contribution in [0.15, 0.2) is 73.1 Å². The van der Waals surface area contributed by atoms with Crippen LogP contribution >= 0.6 is 0 Å². The molecule has 2 aromatic carbocycles. The molecule has 1 aromatic heterocycles. The van der Waals surface area contributed by atoms with Gasteiger partial charge in [0.2, 0.25) is 5.91 Å². The average molecular weight is 389 g/mol. The van der Waals surface area contributed by atoms with Crippen molar-refractivity contribution in [1.29, 1.82) is 0 Å². The zero-order chi connectivity index (χ0) is 20.1. The van der Waals surface area contributed by atoms with Crippen LogP contribution in [0.5, 0.6) is 0 Å². The van der Waals surface area contributed by atoms with Crippen molar-refractivity contribution in [1.82, 2.24) is 19.6 Å². The van der Waals surface area contributed by atoms with Crippen LogP contribution in [0.2, 0.25) is 0 Å². The van der Waals surface area contributed by atoms with Gasteiger partial charge in [-0.3, -0.25) is 14.4 Å². The van der Waals surface area contributed by atoms with E-state index in [1.807, 2.05) is 71.4 Å². The summed E-state index contributed by atoms with van der Waals surface area (Å²) in [5.41, 5.74) is 3.38. The number of carbonyl (C=O) groups excluding carboxylic acids is 1. The van der Waals surface area contributed by atoms with Crippen LogP contribution in [0.25, 0.3) is 0 Å². The fourth-order valence-corrected chi connectivity index (χ4v) is 4.06. The fourth-order valence-electron chi connectivity index (χ4n) is 4.06. The molecule has 150 valence electrons. The van der Waals surface area contributed by atoms with Crippen LogP contribution in [0.3, 0.4) is 0 Å². The molecule has 0 bridgehead atoms. The number of carbonyl (C=O) groups is 1. The Bertz CT molecular complexity index is 916. The van der Waals surface area contributed by atoms with Crippen molar-refractivity contribution in [3.8, 4) is 0 Å². The molecule has 1 atom stereocenters. The number of hydrogen-bond donors (Lipinski definition) is 0. The Balaban J connectivity index is 1.49. The SMILES string of the molecule is CN(Cc1cnn(Cc2ccccc2)c1)[C@@H](C(=O)N1CCCC1)c1ccccc1. The van der Waals surface area contributed by atoms with Gasteiger partial charge in [0.15, 0.2) is 0 Å². The monoisotopic (exact) mass is 388 g/mol. The lowest BCUT2D eigenvalue weighted by molar-refractivity contribution is -0.136. The quantitative estimate of drug-likeness (QED) is 0.619. The Labute approximate surface area is 172 Å². The normalized spacial score (nSPS) is 15.0. The summed E-state index contributed by atoms with van der Waals surface area (Å²) in [5, 5.41) is 4.51. The van der Waals surface area contributed by atoms with Gasteiger partial charge in [-0.1, -0.05) is 60.7 Å². The molecule has 0 aliphatic carbocycles. The molecule has 5 heteroatoms. The van der Waals surface area contributed by atoms with Crippen LogP contribution < -0.4 is 0 Å². The fraction of sp³-hybridized carbons (Fsp3) is 0.333. The minimum absolute atomic E-state index is 0.202. The second-order valence-corrected chi connectivity index (χ2v) is 7.79. The first-order chi connectivity index (χ1) is 14.2. The van der Waals surface area contributed by atoms with Gasteiger partial charge in [-0.05, 0) is 31.0 Å². The molecule has 0 unspecified atom stereocenters. The summed E-state index contributed by atoms with van der Waals surface area (Å²) >= 11 is 0. The third-order valence-electron chi connectivity index (χ3n) is 5.51. The maximum atomic E-state index is 13.3. The maximum absolute atomic E-state index is 13.3. The smallest absolute Gasteiger partial charge is 0.244 e. The molecule has 0 radical (unpaired) electrons.